The van der Waals surface area contributed by atoms with E-state index < -0.39 is 0 Å². The molecule has 0 radical (unpaired) electrons. The Morgan fingerprint density at radius 3 is 2.95 bits per heavy atom. The number of nitrogens with zero attached hydrogens (tertiary/aromatic N) is 1. The number of rotatable bonds is 4. The van der Waals surface area contributed by atoms with Gasteiger partial charge in [0.1, 0.15) is 0 Å². The molecule has 4 nitrogen and oxygen atoms in total. The van der Waals surface area contributed by atoms with Crippen LogP contribution in [0.25, 0.3) is 0 Å². The van der Waals surface area contributed by atoms with Crippen LogP contribution in [0, 0.1) is 0 Å². The Bertz CT molecular complexity index is 606. The van der Waals surface area contributed by atoms with E-state index in [9.17, 15) is 9.90 Å². The summed E-state index contributed by atoms with van der Waals surface area (Å²) in [6.45, 7) is 0.640. The molecular weight excluding hydrogens is 266 g/mol. The number of carbonyl (C=O) groups is 1. The average Bonchev–Trinajstić information content (AvgIpc) is 3.04. The van der Waals surface area contributed by atoms with Gasteiger partial charge in [-0.1, -0.05) is 24.3 Å². The summed E-state index contributed by atoms with van der Waals surface area (Å²) in [5.41, 5.74) is 3.33. The number of fused-ring (bicyclic) bond motifs is 1. The fraction of sp³-hybridized carbons (Fsp3) is 0.353. The zero-order chi connectivity index (χ0) is 14.7. The zero-order valence-electron chi connectivity index (χ0n) is 11.9. The van der Waals surface area contributed by atoms with Crippen LogP contribution >= 0.6 is 0 Å². The lowest BCUT2D eigenvalue weighted by molar-refractivity contribution is -0.135. The smallest absolute Gasteiger partial charge is 0.223 e. The Kier molecular flexibility index (Phi) is 4.06. The number of aliphatic hydroxyl groups excluding tert-OH is 1. The Morgan fingerprint density at radius 2 is 2.19 bits per heavy atom. The topological polar surface area (TPSA) is 53.7 Å². The number of hydrogen-bond donors (Lipinski definition) is 1. The monoisotopic (exact) mass is 285 g/mol. The van der Waals surface area contributed by atoms with Crippen LogP contribution in [0.3, 0.4) is 0 Å². The predicted molar refractivity (Wildman–Crippen MR) is 78.7 cm³/mol. The number of furan rings is 1. The highest BCUT2D eigenvalue weighted by Gasteiger charge is 2.29. The van der Waals surface area contributed by atoms with Crippen LogP contribution < -0.4 is 0 Å². The van der Waals surface area contributed by atoms with E-state index in [1.165, 1.54) is 5.56 Å². The second kappa shape index (κ2) is 6.14. The molecule has 1 atom stereocenters. The van der Waals surface area contributed by atoms with Crippen molar-refractivity contribution in [3.8, 4) is 0 Å². The van der Waals surface area contributed by atoms with E-state index >= 15 is 0 Å². The third-order valence-electron chi connectivity index (χ3n) is 4.11. The van der Waals surface area contributed by atoms with Gasteiger partial charge in [-0.2, -0.15) is 0 Å². The maximum Gasteiger partial charge on any atom is 0.223 e. The summed E-state index contributed by atoms with van der Waals surface area (Å²) in [7, 11) is 0. The second-order valence-electron chi connectivity index (χ2n) is 5.37. The largest absolute Gasteiger partial charge is 0.472 e. The van der Waals surface area contributed by atoms with Crippen LogP contribution in [-0.2, 0) is 17.6 Å². The molecule has 3 rings (SSSR count). The third kappa shape index (κ3) is 2.85. The zero-order valence-corrected chi connectivity index (χ0v) is 11.9. The second-order valence-corrected chi connectivity index (χ2v) is 5.37. The molecule has 0 fully saturated rings. The normalized spacial score (nSPS) is 17.6. The molecule has 1 aliphatic heterocycles. The molecule has 2 heterocycles. The van der Waals surface area contributed by atoms with Crippen LogP contribution in [0.2, 0.25) is 0 Å². The van der Waals surface area contributed by atoms with Crippen molar-refractivity contribution in [1.82, 2.24) is 4.90 Å². The number of benzene rings is 1. The van der Waals surface area contributed by atoms with E-state index in [1.807, 2.05) is 29.2 Å². The summed E-state index contributed by atoms with van der Waals surface area (Å²) >= 11 is 0. The minimum absolute atomic E-state index is 0.0333. The molecule has 1 aliphatic rings. The molecule has 0 saturated heterocycles. The maximum absolute atomic E-state index is 12.5. The molecule has 0 spiro atoms. The lowest BCUT2D eigenvalue weighted by atomic mass is 9.92. The number of aryl methyl sites for hydroxylation is 1. The van der Waals surface area contributed by atoms with Crippen molar-refractivity contribution in [3.05, 3.63) is 59.5 Å². The van der Waals surface area contributed by atoms with Crippen molar-refractivity contribution >= 4 is 5.91 Å². The summed E-state index contributed by atoms with van der Waals surface area (Å²) < 4.78 is 5.02. The number of carbonyl (C=O) groups excluding carboxylic acids is 1. The Hall–Kier alpha value is -2.07. The van der Waals surface area contributed by atoms with Crippen molar-refractivity contribution in [1.29, 1.82) is 0 Å². The summed E-state index contributed by atoms with van der Waals surface area (Å²) in [5, 5.41) is 9.70. The molecule has 0 aliphatic carbocycles. The molecule has 1 aromatic heterocycles. The number of hydrogen-bond acceptors (Lipinski definition) is 3. The van der Waals surface area contributed by atoms with Gasteiger partial charge in [-0.05, 0) is 35.6 Å². The molecule has 110 valence electrons. The molecule has 1 aromatic carbocycles. The van der Waals surface area contributed by atoms with Gasteiger partial charge in [0.25, 0.3) is 0 Å². The van der Waals surface area contributed by atoms with E-state index in [2.05, 4.69) is 6.07 Å². The molecule has 1 amide bonds. The van der Waals surface area contributed by atoms with Crippen LogP contribution in [0.5, 0.6) is 0 Å². The van der Waals surface area contributed by atoms with Gasteiger partial charge in [-0.3, -0.25) is 4.79 Å². The maximum atomic E-state index is 12.5. The van der Waals surface area contributed by atoms with Gasteiger partial charge < -0.3 is 14.4 Å². The highest BCUT2D eigenvalue weighted by molar-refractivity contribution is 5.77. The lowest BCUT2D eigenvalue weighted by Gasteiger charge is -2.36. The van der Waals surface area contributed by atoms with Crippen molar-refractivity contribution in [2.24, 2.45) is 0 Å². The highest BCUT2D eigenvalue weighted by atomic mass is 16.3. The SMILES string of the molecule is O=C(CCc1ccoc1)N1CCc2ccccc2C1CO. The van der Waals surface area contributed by atoms with E-state index in [0.717, 1.165) is 17.5 Å². The summed E-state index contributed by atoms with van der Waals surface area (Å²) in [6.07, 6.45) is 5.25. The van der Waals surface area contributed by atoms with Crippen molar-refractivity contribution in [2.45, 2.75) is 25.3 Å². The van der Waals surface area contributed by atoms with E-state index in [4.69, 9.17) is 4.42 Å². The molecule has 0 saturated carbocycles. The minimum Gasteiger partial charge on any atom is -0.472 e. The molecule has 4 heteroatoms. The van der Waals surface area contributed by atoms with Crippen LogP contribution in [0.4, 0.5) is 0 Å². The summed E-state index contributed by atoms with van der Waals surface area (Å²) in [5.74, 6) is 0.0877. The number of amides is 1. The highest BCUT2D eigenvalue weighted by Crippen LogP contribution is 2.29. The molecule has 21 heavy (non-hydrogen) atoms. The minimum atomic E-state index is -0.216. The van der Waals surface area contributed by atoms with Gasteiger partial charge >= 0.3 is 0 Å². The van der Waals surface area contributed by atoms with E-state index in [1.54, 1.807) is 12.5 Å². The molecule has 2 aromatic rings. The first kappa shape index (κ1) is 13.9. The Labute approximate surface area is 124 Å². The van der Waals surface area contributed by atoms with Gasteiger partial charge in [-0.15, -0.1) is 0 Å². The van der Waals surface area contributed by atoms with Gasteiger partial charge in [0.2, 0.25) is 5.91 Å². The van der Waals surface area contributed by atoms with Gasteiger partial charge in [-0.25, -0.2) is 0 Å². The summed E-state index contributed by atoms with van der Waals surface area (Å²) in [4.78, 5) is 14.3. The third-order valence-corrected chi connectivity index (χ3v) is 4.11. The van der Waals surface area contributed by atoms with Gasteiger partial charge in [0, 0.05) is 13.0 Å². The first-order valence-corrected chi connectivity index (χ1v) is 7.29. The van der Waals surface area contributed by atoms with Crippen LogP contribution in [0.15, 0.2) is 47.3 Å². The van der Waals surface area contributed by atoms with Crippen molar-refractivity contribution in [2.75, 3.05) is 13.2 Å². The fourth-order valence-electron chi connectivity index (χ4n) is 2.98. The van der Waals surface area contributed by atoms with Gasteiger partial charge in [0.15, 0.2) is 0 Å². The number of aliphatic hydroxyl groups is 1. The fourth-order valence-corrected chi connectivity index (χ4v) is 2.98. The molecular formula is C17H19NO3. The van der Waals surface area contributed by atoms with Crippen molar-refractivity contribution < 1.29 is 14.3 Å². The Morgan fingerprint density at radius 1 is 1.33 bits per heavy atom. The molecule has 0 bridgehead atoms. The van der Waals surface area contributed by atoms with Crippen LogP contribution in [0.1, 0.15) is 29.2 Å². The average molecular weight is 285 g/mol. The standard InChI is InChI=1S/C17H19NO3/c19-11-16-15-4-2-1-3-14(15)7-9-18(16)17(20)6-5-13-8-10-21-12-13/h1-4,8,10,12,16,19H,5-7,9,11H2. The first-order valence-electron chi connectivity index (χ1n) is 7.29. The van der Waals surface area contributed by atoms with Crippen LogP contribution in [-0.4, -0.2) is 29.1 Å². The Balaban J connectivity index is 1.71. The van der Waals surface area contributed by atoms with E-state index in [0.29, 0.717) is 19.4 Å². The lowest BCUT2D eigenvalue weighted by Crippen LogP contribution is -2.41. The molecule has 1 N–H and O–H groups in total. The van der Waals surface area contributed by atoms with Gasteiger partial charge in [0.05, 0.1) is 25.2 Å². The predicted octanol–water partition coefficient (Wildman–Crippen LogP) is 2.33. The first-order chi connectivity index (χ1) is 10.3. The van der Waals surface area contributed by atoms with Crippen molar-refractivity contribution in [3.63, 3.8) is 0 Å². The van der Waals surface area contributed by atoms with E-state index in [-0.39, 0.29) is 18.6 Å². The summed E-state index contributed by atoms with van der Waals surface area (Å²) in [6, 6.07) is 9.70. The molecule has 1 unspecified atom stereocenters. The quantitative estimate of drug-likeness (QED) is 0.938.